The minimum absolute atomic E-state index is 0.0600. The van der Waals surface area contributed by atoms with E-state index in [0.29, 0.717) is 41.2 Å². The van der Waals surface area contributed by atoms with Crippen molar-refractivity contribution in [3.05, 3.63) is 89.2 Å². The molecule has 0 radical (unpaired) electrons. The van der Waals surface area contributed by atoms with Crippen LogP contribution >= 0.6 is 23.4 Å². The van der Waals surface area contributed by atoms with Crippen molar-refractivity contribution in [2.45, 2.75) is 32.7 Å². The molecule has 5 rings (SSSR count). The Kier molecular flexibility index (Phi) is 10.7. The third-order valence-corrected chi connectivity index (χ3v) is 7.46. The lowest BCUT2D eigenvalue weighted by atomic mass is 10.0. The van der Waals surface area contributed by atoms with E-state index in [1.54, 1.807) is 11.9 Å². The van der Waals surface area contributed by atoms with Crippen molar-refractivity contribution in [2.24, 2.45) is 4.99 Å². The van der Waals surface area contributed by atoms with Crippen LogP contribution in [0, 0.1) is 0 Å². The van der Waals surface area contributed by atoms with E-state index >= 15 is 0 Å². The molecule has 1 saturated heterocycles. The van der Waals surface area contributed by atoms with Gasteiger partial charge in [-0.2, -0.15) is 0 Å². The summed E-state index contributed by atoms with van der Waals surface area (Å²) < 4.78 is 41.9. The molecule has 14 heteroatoms. The van der Waals surface area contributed by atoms with Crippen molar-refractivity contribution in [1.82, 2.24) is 20.1 Å². The van der Waals surface area contributed by atoms with Crippen LogP contribution in [0.5, 0.6) is 5.75 Å². The number of amides is 2. The second kappa shape index (κ2) is 14.4. The summed E-state index contributed by atoms with van der Waals surface area (Å²) in [5.41, 5.74) is 4.15. The van der Waals surface area contributed by atoms with E-state index < -0.39 is 6.36 Å². The van der Waals surface area contributed by atoms with Gasteiger partial charge >= 0.3 is 6.36 Å². The number of aliphatic imine (C=N–C) groups is 1. The number of aromatic nitrogens is 3. The number of alkyl halides is 3. The van der Waals surface area contributed by atoms with Crippen LogP contribution in [-0.2, 0) is 16.1 Å². The second-order valence-electron chi connectivity index (χ2n) is 9.64. The summed E-state index contributed by atoms with van der Waals surface area (Å²) in [7, 11) is 1.70. The highest BCUT2D eigenvalue weighted by Gasteiger charge is 2.32. The number of benzene rings is 3. The Bertz CT molecular complexity index is 1640. The molecular formula is C30H28ClF3N6O3S. The molecule has 2 heterocycles. The van der Waals surface area contributed by atoms with Gasteiger partial charge in [-0.15, -0.1) is 18.3 Å². The van der Waals surface area contributed by atoms with Gasteiger partial charge in [0.2, 0.25) is 12.3 Å². The molecule has 4 aromatic rings. The predicted molar refractivity (Wildman–Crippen MR) is 165 cm³/mol. The lowest BCUT2D eigenvalue weighted by Crippen LogP contribution is -2.30. The van der Waals surface area contributed by atoms with Crippen LogP contribution in [0.3, 0.4) is 0 Å². The number of anilines is 1. The summed E-state index contributed by atoms with van der Waals surface area (Å²) in [6.07, 6.45) is -2.65. The Balaban J connectivity index is 0.000000215. The highest BCUT2D eigenvalue weighted by atomic mass is 35.5. The number of thioether (sulfide) groups is 1. The topological polar surface area (TPSA) is 102 Å². The van der Waals surface area contributed by atoms with E-state index in [2.05, 4.69) is 39.0 Å². The Labute approximate surface area is 261 Å². The summed E-state index contributed by atoms with van der Waals surface area (Å²) >= 11 is 7.52. The molecule has 0 spiro atoms. The van der Waals surface area contributed by atoms with Crippen LogP contribution in [-0.4, -0.2) is 51.4 Å². The summed E-state index contributed by atoms with van der Waals surface area (Å²) in [4.78, 5) is 32.5. The number of rotatable bonds is 8. The fourth-order valence-corrected chi connectivity index (χ4v) is 5.27. The van der Waals surface area contributed by atoms with Gasteiger partial charge in [-0.25, -0.2) is 9.67 Å². The largest absolute Gasteiger partial charge is 0.573 e. The molecule has 9 nitrogen and oxygen atoms in total. The molecule has 44 heavy (non-hydrogen) atoms. The third-order valence-electron chi connectivity index (χ3n) is 6.21. The smallest absolute Gasteiger partial charge is 0.406 e. The Morgan fingerprint density at radius 3 is 2.55 bits per heavy atom. The molecule has 1 N–H and O–H groups in total. The lowest BCUT2D eigenvalue weighted by Gasteiger charge is -2.21. The SMILES string of the molecule is CN=C1SCC(=O)N1c1cc(Cl)ccc1C(C)C.O=CNCc1cccc(-c2ncn(-c3ccc(OC(F)(F)F)cc3)n2)c1. The van der Waals surface area contributed by atoms with Crippen molar-refractivity contribution in [2.75, 3.05) is 17.7 Å². The number of carbonyl (C=O) groups excluding carboxylic acids is 2. The minimum Gasteiger partial charge on any atom is -0.406 e. The van der Waals surface area contributed by atoms with E-state index in [1.165, 1.54) is 47.0 Å². The highest BCUT2D eigenvalue weighted by Crippen LogP contribution is 2.35. The van der Waals surface area contributed by atoms with Gasteiger partial charge in [-0.05, 0) is 59.5 Å². The Morgan fingerprint density at radius 1 is 1.14 bits per heavy atom. The molecule has 1 fully saturated rings. The fourth-order valence-electron chi connectivity index (χ4n) is 4.26. The van der Waals surface area contributed by atoms with Crippen LogP contribution in [0.25, 0.3) is 17.1 Å². The summed E-state index contributed by atoms with van der Waals surface area (Å²) in [6.45, 7) is 4.59. The number of nitrogens with one attached hydrogen (secondary N) is 1. The van der Waals surface area contributed by atoms with E-state index in [-0.39, 0.29) is 11.7 Å². The zero-order valence-corrected chi connectivity index (χ0v) is 25.5. The average Bonchev–Trinajstić information content (AvgIpc) is 3.63. The van der Waals surface area contributed by atoms with Crippen LogP contribution in [0.1, 0.15) is 30.9 Å². The number of hydrogen-bond donors (Lipinski definition) is 1. The quantitative estimate of drug-likeness (QED) is 0.217. The van der Waals surface area contributed by atoms with Gasteiger partial charge in [0.05, 0.1) is 17.1 Å². The van der Waals surface area contributed by atoms with Gasteiger partial charge in [0.1, 0.15) is 12.1 Å². The normalized spacial score (nSPS) is 14.0. The molecule has 1 aromatic heterocycles. The maximum absolute atomic E-state index is 12.2. The van der Waals surface area contributed by atoms with Crippen molar-refractivity contribution < 1.29 is 27.5 Å². The van der Waals surface area contributed by atoms with E-state index in [1.807, 2.05) is 42.5 Å². The predicted octanol–water partition coefficient (Wildman–Crippen LogP) is 6.61. The zero-order valence-electron chi connectivity index (χ0n) is 23.9. The van der Waals surface area contributed by atoms with Crippen LogP contribution in [0.2, 0.25) is 5.02 Å². The molecule has 230 valence electrons. The number of halogens is 4. The van der Waals surface area contributed by atoms with Gasteiger partial charge < -0.3 is 10.1 Å². The van der Waals surface area contributed by atoms with Crippen LogP contribution in [0.15, 0.2) is 78.0 Å². The van der Waals surface area contributed by atoms with Gasteiger partial charge in [0.25, 0.3) is 0 Å². The first-order chi connectivity index (χ1) is 21.0. The maximum Gasteiger partial charge on any atom is 0.573 e. The summed E-state index contributed by atoms with van der Waals surface area (Å²) in [5, 5.41) is 8.28. The minimum atomic E-state index is -4.73. The van der Waals surface area contributed by atoms with Crippen LogP contribution in [0.4, 0.5) is 18.9 Å². The van der Waals surface area contributed by atoms with Crippen molar-refractivity contribution in [3.63, 3.8) is 0 Å². The first-order valence-corrected chi connectivity index (χ1v) is 14.6. The molecule has 2 amide bonds. The molecule has 0 saturated carbocycles. The molecule has 1 aliphatic rings. The molecule has 1 aliphatic heterocycles. The monoisotopic (exact) mass is 644 g/mol. The van der Waals surface area contributed by atoms with E-state index in [9.17, 15) is 22.8 Å². The van der Waals surface area contributed by atoms with Crippen molar-refractivity contribution in [3.8, 4) is 22.8 Å². The third kappa shape index (κ3) is 8.38. The van der Waals surface area contributed by atoms with Crippen molar-refractivity contribution in [1.29, 1.82) is 0 Å². The summed E-state index contributed by atoms with van der Waals surface area (Å²) in [6, 6.07) is 18.3. The number of hydrogen-bond acceptors (Lipinski definition) is 7. The number of nitrogens with zero attached hydrogens (tertiary/aromatic N) is 5. The Hall–Kier alpha value is -4.36. The Morgan fingerprint density at radius 2 is 1.89 bits per heavy atom. The summed E-state index contributed by atoms with van der Waals surface area (Å²) in [5.74, 6) is 0.973. The first kappa shape index (κ1) is 32.6. The lowest BCUT2D eigenvalue weighted by molar-refractivity contribution is -0.274. The number of ether oxygens (including phenoxy) is 1. The fraction of sp³-hybridized carbons (Fsp3) is 0.233. The molecule has 3 aromatic carbocycles. The molecule has 0 bridgehead atoms. The molecule has 0 aliphatic carbocycles. The molecule has 0 unspecified atom stereocenters. The van der Waals surface area contributed by atoms with Crippen LogP contribution < -0.4 is 15.0 Å². The standard InChI is InChI=1S/C17H13F3N4O2.C13H15ClN2OS/c18-17(19,20)26-15-6-4-14(5-7-15)24-10-22-16(23-24)13-3-1-2-12(8-13)9-21-11-25;1-8(2)10-5-4-9(14)6-11(10)16-12(17)7-18-13(16)15-3/h1-8,10-11H,9H2,(H,21,25);4-6,8H,7H2,1-3H3. The molecule has 0 atom stereocenters. The second-order valence-corrected chi connectivity index (χ2v) is 11.0. The van der Waals surface area contributed by atoms with Gasteiger partial charge in [-0.1, -0.05) is 61.5 Å². The van der Waals surface area contributed by atoms with E-state index in [0.717, 1.165) is 27.5 Å². The van der Waals surface area contributed by atoms with Gasteiger partial charge in [0, 0.05) is 24.2 Å². The van der Waals surface area contributed by atoms with Gasteiger partial charge in [0.15, 0.2) is 11.0 Å². The number of amidine groups is 1. The van der Waals surface area contributed by atoms with E-state index in [4.69, 9.17) is 11.6 Å². The molecular weight excluding hydrogens is 617 g/mol. The van der Waals surface area contributed by atoms with Crippen molar-refractivity contribution >= 4 is 46.5 Å². The highest BCUT2D eigenvalue weighted by molar-refractivity contribution is 8.15. The maximum atomic E-state index is 12.2. The average molecular weight is 645 g/mol. The van der Waals surface area contributed by atoms with Gasteiger partial charge in [-0.3, -0.25) is 19.5 Å². The zero-order chi connectivity index (χ0) is 31.9. The number of carbonyl (C=O) groups is 2. The first-order valence-electron chi connectivity index (χ1n) is 13.2.